The summed E-state index contributed by atoms with van der Waals surface area (Å²) >= 11 is 5.87. The highest BCUT2D eigenvalue weighted by Crippen LogP contribution is 2.29. The molecule has 0 atom stereocenters. The molecule has 5 rings (SSSR count). The molecule has 9 nitrogen and oxygen atoms in total. The first-order valence-electron chi connectivity index (χ1n) is 13.0. The highest BCUT2D eigenvalue weighted by Gasteiger charge is 2.27. The lowest BCUT2D eigenvalue weighted by molar-refractivity contribution is 0.0903. The van der Waals surface area contributed by atoms with Crippen LogP contribution in [0.2, 0.25) is 5.02 Å². The Kier molecular flexibility index (Phi) is 8.11. The summed E-state index contributed by atoms with van der Waals surface area (Å²) in [5.41, 5.74) is 0.299. The number of hydrogen-bond donors (Lipinski definition) is 2. The second kappa shape index (κ2) is 11.7. The molecule has 214 valence electrons. The van der Waals surface area contributed by atoms with Gasteiger partial charge in [0.05, 0.1) is 33.5 Å². The van der Waals surface area contributed by atoms with Gasteiger partial charge < -0.3 is 10.6 Å². The van der Waals surface area contributed by atoms with Crippen molar-refractivity contribution >= 4 is 34.4 Å². The van der Waals surface area contributed by atoms with Gasteiger partial charge in [0.25, 0.3) is 18.2 Å². The number of imidazole rings is 1. The number of amides is 2. The monoisotopic (exact) mass is 586 g/mol. The average Bonchev–Trinajstić information content (AvgIpc) is 3.23. The number of nitrogens with zero attached hydrogens (tertiary/aromatic N) is 4. The number of halogens is 4. The molecule has 0 saturated heterocycles. The molecule has 1 aliphatic carbocycles. The van der Waals surface area contributed by atoms with Crippen molar-refractivity contribution in [1.29, 1.82) is 0 Å². The van der Waals surface area contributed by atoms with Crippen molar-refractivity contribution < 1.29 is 22.8 Å². The molecule has 0 radical (unpaired) electrons. The molecule has 41 heavy (non-hydrogen) atoms. The number of fused-ring (bicyclic) bond motifs is 1. The van der Waals surface area contributed by atoms with Crippen LogP contribution in [0.5, 0.6) is 0 Å². The van der Waals surface area contributed by atoms with Crippen molar-refractivity contribution in [3.8, 4) is 5.69 Å². The molecule has 0 unspecified atom stereocenters. The molecule has 0 spiro atoms. The Hall–Kier alpha value is -4.19. The number of nitrogens with one attached hydrogen (secondary N) is 2. The van der Waals surface area contributed by atoms with Crippen LogP contribution < -0.4 is 16.3 Å². The van der Waals surface area contributed by atoms with Gasteiger partial charge >= 0.3 is 5.69 Å². The van der Waals surface area contributed by atoms with E-state index in [1.807, 2.05) is 0 Å². The van der Waals surface area contributed by atoms with E-state index in [2.05, 4.69) is 20.6 Å². The van der Waals surface area contributed by atoms with Crippen molar-refractivity contribution in [2.75, 3.05) is 7.05 Å². The number of rotatable bonds is 7. The lowest BCUT2D eigenvalue weighted by Gasteiger charge is -2.29. The van der Waals surface area contributed by atoms with Crippen molar-refractivity contribution in [1.82, 2.24) is 29.7 Å². The van der Waals surface area contributed by atoms with Gasteiger partial charge in [-0.15, -0.1) is 0 Å². The van der Waals surface area contributed by atoms with Crippen LogP contribution in [0.15, 0.2) is 53.6 Å². The second-order valence-electron chi connectivity index (χ2n) is 9.92. The molecule has 1 aliphatic rings. The maximum atomic E-state index is 14.3. The zero-order valence-electron chi connectivity index (χ0n) is 21.9. The van der Waals surface area contributed by atoms with Gasteiger partial charge in [0, 0.05) is 25.8 Å². The third-order valence-electron chi connectivity index (χ3n) is 7.32. The normalized spacial score (nSPS) is 17.1. The molecule has 4 aromatic rings. The lowest BCUT2D eigenvalue weighted by atomic mass is 9.85. The predicted octanol–water partition coefficient (Wildman–Crippen LogP) is 4.66. The highest BCUT2D eigenvalue weighted by molar-refractivity contribution is 6.30. The first-order valence-corrected chi connectivity index (χ1v) is 13.4. The summed E-state index contributed by atoms with van der Waals surface area (Å²) in [6.45, 7) is 0.323. The number of alkyl halides is 2. The van der Waals surface area contributed by atoms with Crippen LogP contribution in [-0.4, -0.2) is 44.0 Å². The van der Waals surface area contributed by atoms with E-state index in [0.29, 0.717) is 48.9 Å². The Balaban J connectivity index is 1.33. The van der Waals surface area contributed by atoms with Crippen molar-refractivity contribution in [2.45, 2.75) is 44.7 Å². The van der Waals surface area contributed by atoms with Gasteiger partial charge in [-0.25, -0.2) is 22.9 Å². The molecular formula is C28H26ClF3N6O3. The molecule has 13 heteroatoms. The van der Waals surface area contributed by atoms with Crippen molar-refractivity contribution in [2.24, 2.45) is 5.92 Å². The van der Waals surface area contributed by atoms with Gasteiger partial charge in [-0.1, -0.05) is 11.6 Å². The van der Waals surface area contributed by atoms with Crippen LogP contribution >= 0.6 is 11.6 Å². The Morgan fingerprint density at radius 2 is 1.78 bits per heavy atom. The molecule has 3 heterocycles. The standard InChI is InChI=1S/C28H26ClF3N6O3/c1-33-27(40)21-8-7-19(13-34-21)38-22-9-4-17(30)11-23(22)37(28(38)41)14-15-2-5-18(6-3-15)36-26(39)20-10-16(29)12-35-24(20)25(31)32/h4,7-13,15,18,25H,2-3,5-6,14H2,1H3,(H,33,40)(H,36,39). The van der Waals surface area contributed by atoms with Gasteiger partial charge in [0.2, 0.25) is 0 Å². The minimum atomic E-state index is -2.92. The first kappa shape index (κ1) is 28.3. The van der Waals surface area contributed by atoms with Gasteiger partial charge in [-0.2, -0.15) is 0 Å². The Labute approximate surface area is 237 Å². The summed E-state index contributed by atoms with van der Waals surface area (Å²) < 4.78 is 43.9. The fourth-order valence-corrected chi connectivity index (χ4v) is 5.41. The van der Waals surface area contributed by atoms with Gasteiger partial charge in [-0.3, -0.25) is 23.7 Å². The quantitative estimate of drug-likeness (QED) is 0.327. The molecule has 1 aromatic carbocycles. The second-order valence-corrected chi connectivity index (χ2v) is 10.4. The number of aromatic nitrogens is 4. The highest BCUT2D eigenvalue weighted by atomic mass is 35.5. The summed E-state index contributed by atoms with van der Waals surface area (Å²) in [4.78, 5) is 46.0. The topological polar surface area (TPSA) is 111 Å². The lowest BCUT2D eigenvalue weighted by Crippen LogP contribution is -2.39. The first-order chi connectivity index (χ1) is 19.7. The molecular weight excluding hydrogens is 561 g/mol. The molecule has 0 aliphatic heterocycles. The van der Waals surface area contributed by atoms with Crippen LogP contribution in [0.3, 0.4) is 0 Å². The average molecular weight is 587 g/mol. The SMILES string of the molecule is CNC(=O)c1ccc(-n2c(=O)n(CC3CCC(NC(=O)c4cc(Cl)cnc4C(F)F)CC3)c3cc(F)ccc32)cn1. The largest absolute Gasteiger partial charge is 0.354 e. The summed E-state index contributed by atoms with van der Waals surface area (Å²) in [6.07, 6.45) is 2.02. The molecule has 0 bridgehead atoms. The number of carbonyl (C=O) groups excluding carboxylic acids is 2. The van der Waals surface area contributed by atoms with Gasteiger partial charge in [-0.05, 0) is 68.0 Å². The van der Waals surface area contributed by atoms with Gasteiger partial charge in [0.1, 0.15) is 17.2 Å². The predicted molar refractivity (Wildman–Crippen MR) is 146 cm³/mol. The van der Waals surface area contributed by atoms with E-state index >= 15 is 0 Å². The molecule has 1 fully saturated rings. The third-order valence-corrected chi connectivity index (χ3v) is 7.52. The Morgan fingerprint density at radius 1 is 1.02 bits per heavy atom. The van der Waals surface area contributed by atoms with Crippen molar-refractivity contribution in [3.63, 3.8) is 0 Å². The minimum absolute atomic E-state index is 0.0568. The van der Waals surface area contributed by atoms with Crippen LogP contribution in [0.4, 0.5) is 13.2 Å². The molecule has 2 N–H and O–H groups in total. The third kappa shape index (κ3) is 5.83. The number of carbonyl (C=O) groups is 2. The molecule has 3 aromatic heterocycles. The smallest absolute Gasteiger partial charge is 0.333 e. The van der Waals surface area contributed by atoms with E-state index in [9.17, 15) is 27.6 Å². The fourth-order valence-electron chi connectivity index (χ4n) is 5.25. The summed E-state index contributed by atoms with van der Waals surface area (Å²) in [5.74, 6) is -1.45. The summed E-state index contributed by atoms with van der Waals surface area (Å²) in [6, 6.07) is 8.16. The minimum Gasteiger partial charge on any atom is -0.354 e. The van der Waals surface area contributed by atoms with Gasteiger partial charge in [0.15, 0.2) is 0 Å². The van der Waals surface area contributed by atoms with E-state index < -0.39 is 23.8 Å². The van der Waals surface area contributed by atoms with E-state index in [1.165, 1.54) is 52.7 Å². The number of hydrogen-bond acceptors (Lipinski definition) is 5. The van der Waals surface area contributed by atoms with Crippen LogP contribution in [-0.2, 0) is 6.54 Å². The van der Waals surface area contributed by atoms with E-state index in [-0.39, 0.29) is 39.8 Å². The zero-order valence-corrected chi connectivity index (χ0v) is 22.7. The Morgan fingerprint density at radius 3 is 2.44 bits per heavy atom. The summed E-state index contributed by atoms with van der Waals surface area (Å²) in [7, 11) is 1.49. The van der Waals surface area contributed by atoms with Crippen LogP contribution in [0.1, 0.15) is 58.6 Å². The van der Waals surface area contributed by atoms with E-state index in [0.717, 1.165) is 6.20 Å². The fraction of sp³-hybridized carbons (Fsp3) is 0.321. The van der Waals surface area contributed by atoms with E-state index in [4.69, 9.17) is 11.6 Å². The van der Waals surface area contributed by atoms with Crippen LogP contribution in [0, 0.1) is 11.7 Å². The van der Waals surface area contributed by atoms with Crippen LogP contribution in [0.25, 0.3) is 16.7 Å². The van der Waals surface area contributed by atoms with E-state index in [1.54, 1.807) is 6.07 Å². The maximum absolute atomic E-state index is 14.3. The number of pyridine rings is 2. The Bertz CT molecular complexity index is 1660. The molecule has 2 amide bonds. The molecule has 1 saturated carbocycles. The maximum Gasteiger partial charge on any atom is 0.333 e. The van der Waals surface area contributed by atoms with Crippen molar-refractivity contribution in [3.05, 3.63) is 87.1 Å². The number of benzene rings is 1. The summed E-state index contributed by atoms with van der Waals surface area (Å²) in [5, 5.41) is 5.38. The zero-order chi connectivity index (χ0) is 29.3.